The lowest BCUT2D eigenvalue weighted by atomic mass is 10.2. The molecule has 1 N–H and O–H groups in total. The van der Waals surface area contributed by atoms with Crippen LogP contribution in [0.4, 0.5) is 0 Å². The third-order valence-electron chi connectivity index (χ3n) is 1.16. The SMILES string of the molecule is C#CC1COP(O)(=S)C1. The van der Waals surface area contributed by atoms with Crippen molar-refractivity contribution in [2.45, 2.75) is 0 Å². The second-order valence-electron chi connectivity index (χ2n) is 1.98. The van der Waals surface area contributed by atoms with Crippen molar-refractivity contribution >= 4 is 18.3 Å². The van der Waals surface area contributed by atoms with Gasteiger partial charge >= 0.3 is 0 Å². The molecule has 1 fully saturated rings. The third kappa shape index (κ3) is 1.77. The lowest BCUT2D eigenvalue weighted by Gasteiger charge is -2.01. The van der Waals surface area contributed by atoms with Gasteiger partial charge in [0, 0.05) is 6.16 Å². The first-order valence-electron chi connectivity index (χ1n) is 2.56. The van der Waals surface area contributed by atoms with Gasteiger partial charge in [-0.05, 0) is 11.8 Å². The molecule has 0 aliphatic carbocycles. The largest absolute Gasteiger partial charge is 0.345 e. The quantitative estimate of drug-likeness (QED) is 0.417. The molecule has 0 aromatic carbocycles. The molecule has 4 heteroatoms. The van der Waals surface area contributed by atoms with Gasteiger partial charge in [0.2, 0.25) is 0 Å². The van der Waals surface area contributed by atoms with Crippen LogP contribution in [-0.4, -0.2) is 17.7 Å². The predicted octanol–water partition coefficient (Wildman–Crippen LogP) is 0.568. The van der Waals surface area contributed by atoms with Gasteiger partial charge in [-0.3, -0.25) is 0 Å². The van der Waals surface area contributed by atoms with Gasteiger partial charge in [0.25, 0.3) is 0 Å². The van der Waals surface area contributed by atoms with E-state index in [0.29, 0.717) is 12.8 Å². The summed E-state index contributed by atoms with van der Waals surface area (Å²) in [7, 11) is 0. The average Bonchev–Trinajstić information content (AvgIpc) is 2.10. The van der Waals surface area contributed by atoms with E-state index >= 15 is 0 Å². The Kier molecular flexibility index (Phi) is 1.93. The second kappa shape index (κ2) is 2.40. The zero-order chi connectivity index (χ0) is 6.91. The van der Waals surface area contributed by atoms with E-state index in [4.69, 9.17) is 27.6 Å². The van der Waals surface area contributed by atoms with Crippen LogP contribution in [0.5, 0.6) is 0 Å². The summed E-state index contributed by atoms with van der Waals surface area (Å²) in [4.78, 5) is 9.10. The molecule has 0 spiro atoms. The van der Waals surface area contributed by atoms with Gasteiger partial charge in [-0.15, -0.1) is 12.3 Å². The summed E-state index contributed by atoms with van der Waals surface area (Å²) in [5, 5.41) is 0. The number of terminal acetylenes is 1. The molecule has 1 saturated heterocycles. The molecule has 1 heterocycles. The van der Waals surface area contributed by atoms with Crippen molar-refractivity contribution in [3.8, 4) is 12.3 Å². The van der Waals surface area contributed by atoms with Gasteiger partial charge in [0.1, 0.15) is 0 Å². The molecule has 1 aliphatic heterocycles. The zero-order valence-corrected chi connectivity index (χ0v) is 6.49. The van der Waals surface area contributed by atoms with Crippen LogP contribution >= 0.6 is 6.49 Å². The Morgan fingerprint density at radius 2 is 2.56 bits per heavy atom. The minimum atomic E-state index is -2.43. The van der Waals surface area contributed by atoms with E-state index in [1.807, 2.05) is 0 Å². The van der Waals surface area contributed by atoms with Crippen molar-refractivity contribution in [3.63, 3.8) is 0 Å². The van der Waals surface area contributed by atoms with E-state index in [9.17, 15) is 0 Å². The van der Waals surface area contributed by atoms with E-state index in [0.717, 1.165) is 0 Å². The van der Waals surface area contributed by atoms with Gasteiger partial charge in [-0.25, -0.2) is 0 Å². The van der Waals surface area contributed by atoms with Crippen molar-refractivity contribution in [1.82, 2.24) is 0 Å². The molecule has 0 aromatic rings. The molecule has 0 saturated carbocycles. The second-order valence-corrected chi connectivity index (χ2v) is 5.59. The number of hydrogen-bond donors (Lipinski definition) is 1. The molecule has 0 amide bonds. The van der Waals surface area contributed by atoms with Crippen LogP contribution in [0.15, 0.2) is 0 Å². The maximum atomic E-state index is 9.10. The van der Waals surface area contributed by atoms with Crippen molar-refractivity contribution in [3.05, 3.63) is 0 Å². The molecular weight excluding hydrogens is 155 g/mol. The van der Waals surface area contributed by atoms with Crippen molar-refractivity contribution in [2.75, 3.05) is 12.8 Å². The smallest absolute Gasteiger partial charge is 0.187 e. The van der Waals surface area contributed by atoms with Crippen LogP contribution in [0.3, 0.4) is 0 Å². The lowest BCUT2D eigenvalue weighted by molar-refractivity contribution is 0.328. The summed E-state index contributed by atoms with van der Waals surface area (Å²) in [5.41, 5.74) is 0. The number of rotatable bonds is 0. The van der Waals surface area contributed by atoms with E-state index in [1.165, 1.54) is 0 Å². The topological polar surface area (TPSA) is 29.5 Å². The first-order chi connectivity index (χ1) is 4.14. The fourth-order valence-electron chi connectivity index (χ4n) is 0.691. The highest BCUT2D eigenvalue weighted by atomic mass is 32.5. The predicted molar refractivity (Wildman–Crippen MR) is 39.6 cm³/mol. The molecule has 0 radical (unpaired) electrons. The molecular formula is C5H7O2PS. The van der Waals surface area contributed by atoms with Crippen LogP contribution in [0, 0.1) is 18.3 Å². The van der Waals surface area contributed by atoms with Crippen molar-refractivity contribution in [1.29, 1.82) is 0 Å². The Bertz CT molecular complexity index is 196. The van der Waals surface area contributed by atoms with Gasteiger partial charge in [-0.1, -0.05) is 0 Å². The molecule has 0 bridgehead atoms. The minimum Gasteiger partial charge on any atom is -0.345 e. The standard InChI is InChI=1S/C5H7O2PS/c1-2-5-3-7-8(6,9)4-5/h1,5H,3-4H2,(H,6,9). The van der Waals surface area contributed by atoms with Crippen LogP contribution in [0.2, 0.25) is 0 Å². The maximum Gasteiger partial charge on any atom is 0.187 e. The van der Waals surface area contributed by atoms with Crippen LogP contribution in [-0.2, 0) is 16.3 Å². The monoisotopic (exact) mass is 162 g/mol. The van der Waals surface area contributed by atoms with E-state index in [-0.39, 0.29) is 5.92 Å². The van der Waals surface area contributed by atoms with Crippen LogP contribution in [0.25, 0.3) is 0 Å². The Morgan fingerprint density at radius 3 is 2.78 bits per heavy atom. The van der Waals surface area contributed by atoms with E-state index < -0.39 is 6.49 Å². The van der Waals surface area contributed by atoms with Crippen molar-refractivity contribution < 1.29 is 9.42 Å². The number of hydrogen-bond acceptors (Lipinski definition) is 2. The minimum absolute atomic E-state index is 0.0424. The zero-order valence-electron chi connectivity index (χ0n) is 4.78. The summed E-state index contributed by atoms with van der Waals surface area (Å²) in [6.07, 6.45) is 5.57. The average molecular weight is 162 g/mol. The van der Waals surface area contributed by atoms with Crippen molar-refractivity contribution in [2.24, 2.45) is 5.92 Å². The van der Waals surface area contributed by atoms with Gasteiger partial charge in [0.05, 0.1) is 12.5 Å². The Labute approximate surface area is 59.4 Å². The Hall–Kier alpha value is 0.130. The molecule has 1 aliphatic rings. The van der Waals surface area contributed by atoms with Gasteiger partial charge in [-0.2, -0.15) is 0 Å². The highest BCUT2D eigenvalue weighted by Gasteiger charge is 2.27. The third-order valence-corrected chi connectivity index (χ3v) is 3.38. The van der Waals surface area contributed by atoms with Gasteiger partial charge < -0.3 is 9.42 Å². The van der Waals surface area contributed by atoms with Gasteiger partial charge in [0.15, 0.2) is 6.49 Å². The summed E-state index contributed by atoms with van der Waals surface area (Å²) in [5.74, 6) is 2.54. The molecule has 50 valence electrons. The summed E-state index contributed by atoms with van der Waals surface area (Å²) in [6.45, 7) is -1.99. The Balaban J connectivity index is 2.60. The molecule has 2 unspecified atom stereocenters. The first kappa shape index (κ1) is 7.24. The van der Waals surface area contributed by atoms with E-state index in [2.05, 4.69) is 5.92 Å². The Morgan fingerprint density at radius 1 is 1.89 bits per heavy atom. The molecule has 9 heavy (non-hydrogen) atoms. The summed E-state index contributed by atoms with van der Waals surface area (Å²) in [6, 6.07) is 0. The maximum absolute atomic E-state index is 9.10. The molecule has 2 nitrogen and oxygen atoms in total. The normalized spacial score (nSPS) is 42.4. The molecule has 0 aromatic heterocycles. The summed E-state index contributed by atoms with van der Waals surface area (Å²) < 4.78 is 4.88. The fraction of sp³-hybridized carbons (Fsp3) is 0.600. The lowest BCUT2D eigenvalue weighted by Crippen LogP contribution is -1.96. The van der Waals surface area contributed by atoms with Crippen LogP contribution in [0.1, 0.15) is 0 Å². The van der Waals surface area contributed by atoms with Crippen LogP contribution < -0.4 is 0 Å². The highest BCUT2D eigenvalue weighted by Crippen LogP contribution is 2.49. The molecule has 2 atom stereocenters. The fourth-order valence-corrected chi connectivity index (χ4v) is 2.70. The first-order valence-corrected chi connectivity index (χ1v) is 5.42. The highest BCUT2D eigenvalue weighted by molar-refractivity contribution is 8.09. The van der Waals surface area contributed by atoms with E-state index in [1.54, 1.807) is 0 Å². The summed E-state index contributed by atoms with van der Waals surface area (Å²) >= 11 is 4.70. The molecule has 1 rings (SSSR count).